The summed E-state index contributed by atoms with van der Waals surface area (Å²) in [5.41, 5.74) is 0. The third kappa shape index (κ3) is 9.30. The van der Waals surface area contributed by atoms with Crippen molar-refractivity contribution in [3.05, 3.63) is 0 Å². The van der Waals surface area contributed by atoms with E-state index in [2.05, 4.69) is 5.32 Å². The smallest absolute Gasteiger partial charge is 0.245 e. The minimum absolute atomic E-state index is 0.0571. The van der Waals surface area contributed by atoms with E-state index < -0.39 is 0 Å². The molecule has 0 spiro atoms. The number of rotatable bonds is 8. The van der Waals surface area contributed by atoms with Crippen molar-refractivity contribution in [1.29, 1.82) is 0 Å². The molecule has 0 aliphatic rings. The Bertz CT molecular complexity index is 128. The molecule has 0 aromatic rings. The first-order valence-corrected chi connectivity index (χ1v) is 4.73. The first kappa shape index (κ1) is 12.4. The first-order chi connectivity index (χ1) is 6.31. The number of hydrogen-bond donors (Lipinski definition) is 1. The largest absolute Gasteiger partial charge is 0.379 e. The molecule has 13 heavy (non-hydrogen) atoms. The van der Waals surface area contributed by atoms with Gasteiger partial charge in [-0.1, -0.05) is 6.92 Å². The van der Waals surface area contributed by atoms with Crippen molar-refractivity contribution < 1.29 is 14.3 Å². The zero-order valence-electron chi connectivity index (χ0n) is 8.47. The van der Waals surface area contributed by atoms with Gasteiger partial charge in [-0.2, -0.15) is 0 Å². The Labute approximate surface area is 79.6 Å². The fraction of sp³-hybridized carbons (Fsp3) is 0.889. The van der Waals surface area contributed by atoms with E-state index in [4.69, 9.17) is 9.47 Å². The normalized spacial score (nSPS) is 10.0. The lowest BCUT2D eigenvalue weighted by molar-refractivity contribution is -0.126. The predicted octanol–water partition coefficient (Wildman–Crippen LogP) is 0.566. The molecule has 4 heteroatoms. The van der Waals surface area contributed by atoms with Gasteiger partial charge in [0.05, 0.1) is 13.2 Å². The molecule has 0 atom stereocenters. The van der Waals surface area contributed by atoms with Gasteiger partial charge in [-0.15, -0.1) is 0 Å². The molecule has 0 aromatic heterocycles. The van der Waals surface area contributed by atoms with Gasteiger partial charge in [0, 0.05) is 13.2 Å². The summed E-state index contributed by atoms with van der Waals surface area (Å²) < 4.78 is 10.1. The van der Waals surface area contributed by atoms with Gasteiger partial charge in [0.1, 0.15) is 6.61 Å². The zero-order valence-corrected chi connectivity index (χ0v) is 8.47. The molecule has 0 saturated heterocycles. The minimum Gasteiger partial charge on any atom is -0.379 e. The highest BCUT2D eigenvalue weighted by molar-refractivity contribution is 5.77. The van der Waals surface area contributed by atoms with Crippen LogP contribution in [0.25, 0.3) is 0 Å². The summed E-state index contributed by atoms with van der Waals surface area (Å²) in [6.07, 6.45) is 0.949. The van der Waals surface area contributed by atoms with E-state index in [0.717, 1.165) is 6.42 Å². The molecule has 1 amide bonds. The quantitative estimate of drug-likeness (QED) is 0.568. The highest BCUT2D eigenvalue weighted by Gasteiger charge is 1.98. The van der Waals surface area contributed by atoms with Gasteiger partial charge >= 0.3 is 0 Å². The standard InChI is InChI=1S/C9H19NO3/c1-3-5-10-9(11)8-13-7-6-12-4-2/h3-8H2,1-2H3,(H,10,11). The van der Waals surface area contributed by atoms with Crippen LogP contribution < -0.4 is 5.32 Å². The van der Waals surface area contributed by atoms with Gasteiger partial charge in [0.2, 0.25) is 5.91 Å². The maximum absolute atomic E-state index is 11.0. The minimum atomic E-state index is -0.0571. The lowest BCUT2D eigenvalue weighted by atomic mass is 10.5. The number of carbonyl (C=O) groups is 1. The van der Waals surface area contributed by atoms with Crippen LogP contribution >= 0.6 is 0 Å². The predicted molar refractivity (Wildman–Crippen MR) is 50.6 cm³/mol. The molecule has 0 aliphatic heterocycles. The van der Waals surface area contributed by atoms with Crippen LogP contribution in [0.4, 0.5) is 0 Å². The van der Waals surface area contributed by atoms with Gasteiger partial charge in [0.25, 0.3) is 0 Å². The summed E-state index contributed by atoms with van der Waals surface area (Å²) in [6, 6.07) is 0. The Hall–Kier alpha value is -0.610. The highest BCUT2D eigenvalue weighted by Crippen LogP contribution is 1.79. The van der Waals surface area contributed by atoms with Crippen LogP contribution in [0.3, 0.4) is 0 Å². The Morgan fingerprint density at radius 2 is 1.92 bits per heavy atom. The van der Waals surface area contributed by atoms with Crippen LogP contribution in [0.15, 0.2) is 0 Å². The average molecular weight is 189 g/mol. The number of carbonyl (C=O) groups excluding carboxylic acids is 1. The van der Waals surface area contributed by atoms with E-state index >= 15 is 0 Å². The van der Waals surface area contributed by atoms with E-state index in [1.54, 1.807) is 0 Å². The fourth-order valence-corrected chi connectivity index (χ4v) is 0.743. The molecule has 0 unspecified atom stereocenters. The van der Waals surface area contributed by atoms with Crippen LogP contribution in [-0.4, -0.2) is 38.9 Å². The van der Waals surface area contributed by atoms with E-state index in [1.165, 1.54) is 0 Å². The Balaban J connectivity index is 3.08. The van der Waals surface area contributed by atoms with Crippen LogP contribution in [0.1, 0.15) is 20.3 Å². The third-order valence-corrected chi connectivity index (χ3v) is 1.38. The third-order valence-electron chi connectivity index (χ3n) is 1.38. The Morgan fingerprint density at radius 3 is 2.54 bits per heavy atom. The van der Waals surface area contributed by atoms with Gasteiger partial charge in [-0.05, 0) is 13.3 Å². The number of nitrogens with one attached hydrogen (secondary N) is 1. The molecule has 0 saturated carbocycles. The van der Waals surface area contributed by atoms with Crippen molar-refractivity contribution in [2.24, 2.45) is 0 Å². The molecular weight excluding hydrogens is 170 g/mol. The summed E-state index contributed by atoms with van der Waals surface area (Å²) in [6.45, 7) is 6.50. The van der Waals surface area contributed by atoms with Gasteiger partial charge < -0.3 is 14.8 Å². The van der Waals surface area contributed by atoms with E-state index in [0.29, 0.717) is 26.4 Å². The van der Waals surface area contributed by atoms with Crippen molar-refractivity contribution in [2.45, 2.75) is 20.3 Å². The second kappa shape index (κ2) is 9.48. The Morgan fingerprint density at radius 1 is 1.23 bits per heavy atom. The molecule has 0 heterocycles. The summed E-state index contributed by atoms with van der Waals surface area (Å²) >= 11 is 0. The van der Waals surface area contributed by atoms with Crippen molar-refractivity contribution in [3.63, 3.8) is 0 Å². The molecule has 0 radical (unpaired) electrons. The van der Waals surface area contributed by atoms with Crippen LogP contribution in [-0.2, 0) is 14.3 Å². The van der Waals surface area contributed by atoms with E-state index in [9.17, 15) is 4.79 Å². The number of amides is 1. The molecule has 0 rings (SSSR count). The highest BCUT2D eigenvalue weighted by atomic mass is 16.5. The van der Waals surface area contributed by atoms with Crippen LogP contribution in [0.5, 0.6) is 0 Å². The summed E-state index contributed by atoms with van der Waals surface area (Å²) in [5, 5.41) is 2.72. The molecule has 0 bridgehead atoms. The van der Waals surface area contributed by atoms with Crippen LogP contribution in [0, 0.1) is 0 Å². The van der Waals surface area contributed by atoms with E-state index in [-0.39, 0.29) is 12.5 Å². The maximum atomic E-state index is 11.0. The lowest BCUT2D eigenvalue weighted by Crippen LogP contribution is -2.28. The molecule has 0 aromatic carbocycles. The molecule has 1 N–H and O–H groups in total. The van der Waals surface area contributed by atoms with Gasteiger partial charge in [0.15, 0.2) is 0 Å². The SMILES string of the molecule is CCCNC(=O)COCCOCC. The van der Waals surface area contributed by atoms with Gasteiger partial charge in [-0.3, -0.25) is 4.79 Å². The topological polar surface area (TPSA) is 47.6 Å². The molecular formula is C9H19NO3. The Kier molecular flexibility index (Phi) is 9.03. The molecule has 0 fully saturated rings. The molecule has 0 aliphatic carbocycles. The number of ether oxygens (including phenoxy) is 2. The second-order valence-corrected chi connectivity index (χ2v) is 2.60. The first-order valence-electron chi connectivity index (χ1n) is 4.73. The summed E-state index contributed by atoms with van der Waals surface area (Å²) in [4.78, 5) is 11.0. The maximum Gasteiger partial charge on any atom is 0.245 e. The van der Waals surface area contributed by atoms with Crippen molar-refractivity contribution in [1.82, 2.24) is 5.32 Å². The monoisotopic (exact) mass is 189 g/mol. The lowest BCUT2D eigenvalue weighted by Gasteiger charge is -2.04. The zero-order chi connectivity index (χ0) is 9.94. The summed E-state index contributed by atoms with van der Waals surface area (Å²) in [7, 11) is 0. The van der Waals surface area contributed by atoms with Crippen LogP contribution in [0.2, 0.25) is 0 Å². The molecule has 4 nitrogen and oxygen atoms in total. The second-order valence-electron chi connectivity index (χ2n) is 2.60. The molecule has 78 valence electrons. The van der Waals surface area contributed by atoms with E-state index in [1.807, 2.05) is 13.8 Å². The van der Waals surface area contributed by atoms with Crippen molar-refractivity contribution in [2.75, 3.05) is 33.0 Å². The average Bonchev–Trinajstić information content (AvgIpc) is 2.14. The van der Waals surface area contributed by atoms with Crippen molar-refractivity contribution in [3.8, 4) is 0 Å². The summed E-state index contributed by atoms with van der Waals surface area (Å²) in [5.74, 6) is -0.0571. The fourth-order valence-electron chi connectivity index (χ4n) is 0.743. The van der Waals surface area contributed by atoms with Crippen molar-refractivity contribution >= 4 is 5.91 Å². The number of hydrogen-bond acceptors (Lipinski definition) is 3. The van der Waals surface area contributed by atoms with Gasteiger partial charge in [-0.25, -0.2) is 0 Å².